The second-order valence-electron chi connectivity index (χ2n) is 4.04. The van der Waals surface area contributed by atoms with Crippen molar-refractivity contribution in [3.8, 4) is 0 Å². The number of carbonyl (C=O) groups excluding carboxylic acids is 1. The molecule has 4 nitrogen and oxygen atoms in total. The first kappa shape index (κ1) is 16.8. The fraction of sp³-hybridized carbons (Fsp3) is 0.364. The number of alkyl halides is 3. The topological polar surface area (TPSA) is 63.2 Å². The Kier molecular flexibility index (Phi) is 5.04. The summed E-state index contributed by atoms with van der Waals surface area (Å²) >= 11 is 0. The van der Waals surface area contributed by atoms with Gasteiger partial charge in [-0.05, 0) is 24.6 Å². The third-order valence-corrected chi connectivity index (χ3v) is 3.87. The van der Waals surface area contributed by atoms with Crippen LogP contribution in [-0.2, 0) is 9.05 Å². The van der Waals surface area contributed by atoms with Crippen LogP contribution in [-0.4, -0.2) is 27.0 Å². The monoisotopic (exact) mass is 329 g/mol. The normalized spacial score (nSPS) is 12.2. The molecule has 1 aromatic carbocycles. The fourth-order valence-corrected chi connectivity index (χ4v) is 2.64. The van der Waals surface area contributed by atoms with Gasteiger partial charge in [-0.1, -0.05) is 6.07 Å². The highest BCUT2D eigenvalue weighted by Crippen LogP contribution is 2.21. The molecule has 1 N–H and O–H groups in total. The van der Waals surface area contributed by atoms with E-state index in [1.807, 2.05) is 0 Å². The molecule has 20 heavy (non-hydrogen) atoms. The zero-order valence-electron chi connectivity index (χ0n) is 10.3. The smallest absolute Gasteiger partial charge is 0.352 e. The van der Waals surface area contributed by atoms with Crippen molar-refractivity contribution in [3.05, 3.63) is 29.3 Å². The predicted octanol–water partition coefficient (Wildman–Crippen LogP) is 2.60. The number of hydrogen-bond acceptors (Lipinski definition) is 3. The zero-order chi connectivity index (χ0) is 15.6. The molecule has 0 aliphatic rings. The molecule has 1 amide bonds. The van der Waals surface area contributed by atoms with Crippen LogP contribution in [0.15, 0.2) is 23.1 Å². The first-order valence-electron chi connectivity index (χ1n) is 5.41. The molecular weight excluding hydrogens is 319 g/mol. The van der Waals surface area contributed by atoms with Crippen molar-refractivity contribution in [2.75, 3.05) is 6.54 Å². The number of aryl methyl sites for hydroxylation is 1. The van der Waals surface area contributed by atoms with E-state index in [4.69, 9.17) is 10.7 Å². The maximum atomic E-state index is 11.9. The van der Waals surface area contributed by atoms with E-state index in [9.17, 15) is 26.4 Å². The Morgan fingerprint density at radius 2 is 1.95 bits per heavy atom. The maximum absolute atomic E-state index is 11.9. The van der Waals surface area contributed by atoms with Gasteiger partial charge in [0.2, 0.25) is 0 Å². The molecule has 0 aliphatic heterocycles. The van der Waals surface area contributed by atoms with E-state index in [0.717, 1.165) is 6.07 Å². The third-order valence-electron chi connectivity index (χ3n) is 2.41. The lowest BCUT2D eigenvalue weighted by molar-refractivity contribution is -0.132. The molecular formula is C11H11ClF3NO3S. The van der Waals surface area contributed by atoms with Crippen LogP contribution >= 0.6 is 10.7 Å². The minimum atomic E-state index is -4.37. The van der Waals surface area contributed by atoms with Gasteiger partial charge in [-0.2, -0.15) is 13.2 Å². The summed E-state index contributed by atoms with van der Waals surface area (Å²) in [6.45, 7) is 0.903. The highest BCUT2D eigenvalue weighted by molar-refractivity contribution is 8.13. The van der Waals surface area contributed by atoms with Crippen LogP contribution < -0.4 is 5.32 Å². The molecule has 0 saturated carbocycles. The Morgan fingerprint density at radius 1 is 1.35 bits per heavy atom. The van der Waals surface area contributed by atoms with Crippen LogP contribution in [0.4, 0.5) is 13.2 Å². The second-order valence-corrected chi connectivity index (χ2v) is 6.57. The van der Waals surface area contributed by atoms with Gasteiger partial charge in [0, 0.05) is 22.8 Å². The second kappa shape index (κ2) is 6.01. The van der Waals surface area contributed by atoms with Crippen molar-refractivity contribution in [1.82, 2.24) is 5.32 Å². The summed E-state index contributed by atoms with van der Waals surface area (Å²) in [5.74, 6) is -0.796. The van der Waals surface area contributed by atoms with Crippen molar-refractivity contribution < 1.29 is 26.4 Å². The summed E-state index contributed by atoms with van der Waals surface area (Å²) < 4.78 is 58.3. The lowest BCUT2D eigenvalue weighted by Gasteiger charge is -2.09. The van der Waals surface area contributed by atoms with Gasteiger partial charge in [0.05, 0.1) is 11.3 Å². The molecule has 0 bridgehead atoms. The zero-order valence-corrected chi connectivity index (χ0v) is 11.9. The van der Waals surface area contributed by atoms with E-state index in [2.05, 4.69) is 5.32 Å². The van der Waals surface area contributed by atoms with Crippen LogP contribution in [0, 0.1) is 6.92 Å². The van der Waals surface area contributed by atoms with Gasteiger partial charge in [0.25, 0.3) is 15.0 Å². The summed E-state index contributed by atoms with van der Waals surface area (Å²) in [4.78, 5) is 11.4. The average Bonchev–Trinajstić information content (AvgIpc) is 2.26. The summed E-state index contributed by atoms with van der Waals surface area (Å²) in [6.07, 6.45) is -5.53. The number of carbonyl (C=O) groups is 1. The van der Waals surface area contributed by atoms with E-state index in [0.29, 0.717) is 5.56 Å². The lowest BCUT2D eigenvalue weighted by atomic mass is 10.1. The van der Waals surface area contributed by atoms with Gasteiger partial charge in [-0.15, -0.1) is 0 Å². The largest absolute Gasteiger partial charge is 0.390 e. The Hall–Kier alpha value is -1.28. The average molecular weight is 330 g/mol. The Morgan fingerprint density at radius 3 is 2.45 bits per heavy atom. The van der Waals surface area contributed by atoms with Crippen molar-refractivity contribution >= 4 is 25.6 Å². The van der Waals surface area contributed by atoms with Gasteiger partial charge >= 0.3 is 6.18 Å². The number of rotatable bonds is 4. The quantitative estimate of drug-likeness (QED) is 0.864. The van der Waals surface area contributed by atoms with Gasteiger partial charge < -0.3 is 5.32 Å². The van der Waals surface area contributed by atoms with Crippen LogP contribution in [0.1, 0.15) is 22.3 Å². The van der Waals surface area contributed by atoms with E-state index in [-0.39, 0.29) is 10.5 Å². The number of benzene rings is 1. The molecule has 0 radical (unpaired) electrons. The maximum Gasteiger partial charge on any atom is 0.390 e. The van der Waals surface area contributed by atoms with Gasteiger partial charge in [-0.3, -0.25) is 4.79 Å². The molecule has 112 valence electrons. The Balaban J connectivity index is 2.85. The molecule has 0 saturated heterocycles. The molecule has 0 aromatic heterocycles. The highest BCUT2D eigenvalue weighted by atomic mass is 35.7. The number of halogens is 4. The van der Waals surface area contributed by atoms with Crippen molar-refractivity contribution in [1.29, 1.82) is 0 Å². The van der Waals surface area contributed by atoms with Gasteiger partial charge in [-0.25, -0.2) is 8.42 Å². The van der Waals surface area contributed by atoms with Crippen molar-refractivity contribution in [3.63, 3.8) is 0 Å². The Labute approximate surface area is 118 Å². The number of amides is 1. The van der Waals surface area contributed by atoms with Crippen LogP contribution in [0.3, 0.4) is 0 Å². The SMILES string of the molecule is Cc1ccc(C(=O)NCCC(F)(F)F)cc1S(=O)(=O)Cl. The van der Waals surface area contributed by atoms with Crippen molar-refractivity contribution in [2.24, 2.45) is 0 Å². The molecule has 0 atom stereocenters. The highest BCUT2D eigenvalue weighted by Gasteiger charge is 2.26. The summed E-state index contributed by atoms with van der Waals surface area (Å²) in [5, 5.41) is 2.06. The molecule has 0 spiro atoms. The molecule has 0 fully saturated rings. The standard InChI is InChI=1S/C11H11ClF3NO3S/c1-7-2-3-8(6-9(7)20(12,18)19)10(17)16-5-4-11(13,14)15/h2-3,6H,4-5H2,1H3,(H,16,17). The van der Waals surface area contributed by atoms with E-state index >= 15 is 0 Å². The van der Waals surface area contributed by atoms with E-state index in [1.165, 1.54) is 19.1 Å². The first-order valence-corrected chi connectivity index (χ1v) is 7.72. The molecule has 0 aliphatic carbocycles. The van der Waals surface area contributed by atoms with Crippen LogP contribution in [0.5, 0.6) is 0 Å². The van der Waals surface area contributed by atoms with Crippen LogP contribution in [0.25, 0.3) is 0 Å². The van der Waals surface area contributed by atoms with E-state index < -0.39 is 34.1 Å². The van der Waals surface area contributed by atoms with E-state index in [1.54, 1.807) is 0 Å². The first-order chi connectivity index (χ1) is 9.00. The van der Waals surface area contributed by atoms with Crippen LogP contribution in [0.2, 0.25) is 0 Å². The molecule has 0 unspecified atom stereocenters. The molecule has 0 heterocycles. The summed E-state index contributed by atoms with van der Waals surface area (Å²) in [6, 6.07) is 3.69. The Bertz CT molecular complexity index is 614. The molecule has 9 heteroatoms. The number of nitrogens with one attached hydrogen (secondary N) is 1. The molecule has 1 aromatic rings. The lowest BCUT2D eigenvalue weighted by Crippen LogP contribution is -2.28. The predicted molar refractivity (Wildman–Crippen MR) is 67.2 cm³/mol. The summed E-state index contributed by atoms with van der Waals surface area (Å²) in [7, 11) is 1.18. The molecule has 1 rings (SSSR count). The fourth-order valence-electron chi connectivity index (χ4n) is 1.42. The minimum absolute atomic E-state index is 0.0722. The minimum Gasteiger partial charge on any atom is -0.352 e. The van der Waals surface area contributed by atoms with Gasteiger partial charge in [0.15, 0.2) is 0 Å². The number of hydrogen-bond donors (Lipinski definition) is 1. The van der Waals surface area contributed by atoms with Crippen molar-refractivity contribution in [2.45, 2.75) is 24.4 Å². The summed E-state index contributed by atoms with van der Waals surface area (Å²) in [5.41, 5.74) is 0.267. The third kappa shape index (κ3) is 5.01. The van der Waals surface area contributed by atoms with Gasteiger partial charge in [0.1, 0.15) is 0 Å².